The molecule has 5 nitrogen and oxygen atoms in total. The topological polar surface area (TPSA) is 64.6 Å². The second-order valence-corrected chi connectivity index (χ2v) is 7.01. The fraction of sp³-hybridized carbons (Fsp3) is 0.300. The highest BCUT2D eigenvalue weighted by Gasteiger charge is 2.11. The van der Waals surface area contributed by atoms with Gasteiger partial charge in [0.25, 0.3) is 5.91 Å². The highest BCUT2D eigenvalue weighted by atomic mass is 79.9. The lowest BCUT2D eigenvalue weighted by Crippen LogP contribution is -2.23. The molecule has 0 unspecified atom stereocenters. The number of rotatable bonds is 7. The quantitative estimate of drug-likeness (QED) is 0.673. The van der Waals surface area contributed by atoms with Crippen molar-refractivity contribution >= 4 is 33.5 Å². The van der Waals surface area contributed by atoms with E-state index >= 15 is 0 Å². The average Bonchev–Trinajstić information content (AvgIpc) is 2.61. The standard InChI is InChI=1S/C20H22BrNO4/c1-13(2)15-9-8-14(3)18(10-15)25-12-20(24)26-11-19(23)22-17-7-5-4-6-16(17)21/h4-10,13H,11-12H2,1-3H3,(H,22,23). The van der Waals surface area contributed by atoms with Crippen LogP contribution in [0.25, 0.3) is 0 Å². The first kappa shape index (κ1) is 20.0. The van der Waals surface area contributed by atoms with E-state index in [1.54, 1.807) is 12.1 Å². The Morgan fingerprint density at radius 2 is 1.85 bits per heavy atom. The molecule has 0 aliphatic heterocycles. The van der Waals surface area contributed by atoms with Crippen molar-refractivity contribution in [1.82, 2.24) is 0 Å². The number of ether oxygens (including phenoxy) is 2. The van der Waals surface area contributed by atoms with Crippen LogP contribution in [0.1, 0.15) is 30.9 Å². The van der Waals surface area contributed by atoms with Crippen LogP contribution in [-0.2, 0) is 14.3 Å². The summed E-state index contributed by atoms with van der Waals surface area (Å²) in [5.74, 6) is 0.00147. The number of carbonyl (C=O) groups is 2. The van der Waals surface area contributed by atoms with Crippen molar-refractivity contribution < 1.29 is 19.1 Å². The lowest BCUT2D eigenvalue weighted by Gasteiger charge is -2.12. The molecule has 0 atom stereocenters. The fourth-order valence-electron chi connectivity index (χ4n) is 2.20. The van der Waals surface area contributed by atoms with Crippen LogP contribution in [0.5, 0.6) is 5.75 Å². The van der Waals surface area contributed by atoms with E-state index in [0.29, 0.717) is 17.4 Å². The smallest absolute Gasteiger partial charge is 0.344 e. The van der Waals surface area contributed by atoms with E-state index in [4.69, 9.17) is 9.47 Å². The molecule has 0 radical (unpaired) electrons. The maximum atomic E-state index is 11.9. The number of esters is 1. The summed E-state index contributed by atoms with van der Waals surface area (Å²) in [5, 5.41) is 2.66. The first-order valence-corrected chi connectivity index (χ1v) is 9.09. The zero-order valence-corrected chi connectivity index (χ0v) is 16.6. The van der Waals surface area contributed by atoms with Crippen LogP contribution in [0, 0.1) is 6.92 Å². The first-order valence-electron chi connectivity index (χ1n) is 8.30. The second-order valence-electron chi connectivity index (χ2n) is 6.16. The Hall–Kier alpha value is -2.34. The zero-order valence-electron chi connectivity index (χ0n) is 15.0. The molecule has 0 heterocycles. The summed E-state index contributed by atoms with van der Waals surface area (Å²) in [6, 6.07) is 13.1. The molecule has 26 heavy (non-hydrogen) atoms. The van der Waals surface area contributed by atoms with Crippen molar-refractivity contribution in [2.24, 2.45) is 0 Å². The predicted octanol–water partition coefficient (Wildman–Crippen LogP) is 4.44. The molecule has 2 aromatic rings. The summed E-state index contributed by atoms with van der Waals surface area (Å²) < 4.78 is 11.3. The summed E-state index contributed by atoms with van der Waals surface area (Å²) in [5.41, 5.74) is 2.69. The Kier molecular flexibility index (Phi) is 7.21. The van der Waals surface area contributed by atoms with E-state index in [2.05, 4.69) is 35.1 Å². The van der Waals surface area contributed by atoms with Crippen molar-refractivity contribution in [3.63, 3.8) is 0 Å². The third kappa shape index (κ3) is 5.88. The monoisotopic (exact) mass is 419 g/mol. The van der Waals surface area contributed by atoms with Crippen LogP contribution in [-0.4, -0.2) is 25.1 Å². The number of carbonyl (C=O) groups excluding carboxylic acids is 2. The largest absolute Gasteiger partial charge is 0.482 e. The summed E-state index contributed by atoms with van der Waals surface area (Å²) in [7, 11) is 0. The van der Waals surface area contributed by atoms with Crippen LogP contribution in [0.3, 0.4) is 0 Å². The summed E-state index contributed by atoms with van der Waals surface area (Å²) in [4.78, 5) is 23.7. The number of amides is 1. The lowest BCUT2D eigenvalue weighted by molar-refractivity contribution is -0.149. The minimum atomic E-state index is -0.596. The lowest BCUT2D eigenvalue weighted by atomic mass is 10.0. The van der Waals surface area contributed by atoms with Crippen LogP contribution in [0.15, 0.2) is 46.9 Å². The number of halogens is 1. The molecule has 6 heteroatoms. The van der Waals surface area contributed by atoms with Gasteiger partial charge in [-0.25, -0.2) is 4.79 Å². The molecule has 0 fully saturated rings. The number of hydrogen-bond donors (Lipinski definition) is 1. The highest BCUT2D eigenvalue weighted by molar-refractivity contribution is 9.10. The number of anilines is 1. The van der Waals surface area contributed by atoms with Gasteiger partial charge in [-0.05, 0) is 58.1 Å². The summed E-state index contributed by atoms with van der Waals surface area (Å²) >= 11 is 3.34. The van der Waals surface area contributed by atoms with Gasteiger partial charge in [0, 0.05) is 4.47 Å². The van der Waals surface area contributed by atoms with Gasteiger partial charge in [-0.3, -0.25) is 4.79 Å². The number of hydrogen-bond acceptors (Lipinski definition) is 4. The van der Waals surface area contributed by atoms with Gasteiger partial charge in [0.05, 0.1) is 5.69 Å². The number of aryl methyl sites for hydroxylation is 1. The summed E-state index contributed by atoms with van der Waals surface area (Å²) in [6.07, 6.45) is 0. The molecule has 2 rings (SSSR count). The molecule has 138 valence electrons. The van der Waals surface area contributed by atoms with Crippen LogP contribution >= 0.6 is 15.9 Å². The van der Waals surface area contributed by atoms with Crippen molar-refractivity contribution in [1.29, 1.82) is 0 Å². The zero-order chi connectivity index (χ0) is 19.1. The molecule has 0 spiro atoms. The Morgan fingerprint density at radius 1 is 1.12 bits per heavy atom. The fourth-order valence-corrected chi connectivity index (χ4v) is 2.59. The van der Waals surface area contributed by atoms with E-state index in [-0.39, 0.29) is 13.2 Å². The van der Waals surface area contributed by atoms with E-state index in [1.165, 1.54) is 0 Å². The maximum absolute atomic E-state index is 11.9. The Bertz CT molecular complexity index is 789. The third-order valence-electron chi connectivity index (χ3n) is 3.74. The van der Waals surface area contributed by atoms with Crippen molar-refractivity contribution in [2.75, 3.05) is 18.5 Å². The Balaban J connectivity index is 1.81. The number of benzene rings is 2. The number of nitrogens with one attached hydrogen (secondary N) is 1. The highest BCUT2D eigenvalue weighted by Crippen LogP contribution is 2.24. The minimum Gasteiger partial charge on any atom is -0.482 e. The van der Waals surface area contributed by atoms with Gasteiger partial charge in [0.1, 0.15) is 5.75 Å². The van der Waals surface area contributed by atoms with Gasteiger partial charge < -0.3 is 14.8 Å². The molecular weight excluding hydrogens is 398 g/mol. The molecule has 0 aliphatic rings. The van der Waals surface area contributed by atoms with Crippen molar-refractivity contribution in [2.45, 2.75) is 26.7 Å². The van der Waals surface area contributed by atoms with E-state index in [1.807, 2.05) is 37.3 Å². The molecule has 0 saturated heterocycles. The normalized spacial score (nSPS) is 10.5. The Labute approximate surface area is 161 Å². The van der Waals surface area contributed by atoms with E-state index < -0.39 is 11.9 Å². The van der Waals surface area contributed by atoms with Gasteiger partial charge >= 0.3 is 5.97 Å². The number of para-hydroxylation sites is 1. The maximum Gasteiger partial charge on any atom is 0.344 e. The SMILES string of the molecule is Cc1ccc(C(C)C)cc1OCC(=O)OCC(=O)Nc1ccccc1Br. The molecule has 0 bridgehead atoms. The van der Waals surface area contributed by atoms with Crippen LogP contribution in [0.2, 0.25) is 0 Å². The van der Waals surface area contributed by atoms with Gasteiger partial charge in [-0.1, -0.05) is 38.1 Å². The third-order valence-corrected chi connectivity index (χ3v) is 4.43. The van der Waals surface area contributed by atoms with E-state index in [0.717, 1.165) is 15.6 Å². The molecule has 1 amide bonds. The molecule has 0 aliphatic carbocycles. The van der Waals surface area contributed by atoms with Gasteiger partial charge in [0.2, 0.25) is 0 Å². The van der Waals surface area contributed by atoms with Crippen LogP contribution < -0.4 is 10.1 Å². The molecule has 0 saturated carbocycles. The summed E-state index contributed by atoms with van der Waals surface area (Å²) in [6.45, 7) is 5.48. The Morgan fingerprint density at radius 3 is 2.54 bits per heavy atom. The van der Waals surface area contributed by atoms with E-state index in [9.17, 15) is 9.59 Å². The first-order chi connectivity index (χ1) is 12.4. The minimum absolute atomic E-state index is 0.245. The molecule has 1 N–H and O–H groups in total. The van der Waals surface area contributed by atoms with Gasteiger partial charge in [-0.15, -0.1) is 0 Å². The van der Waals surface area contributed by atoms with Crippen molar-refractivity contribution in [3.8, 4) is 5.75 Å². The average molecular weight is 420 g/mol. The van der Waals surface area contributed by atoms with Gasteiger partial charge in [-0.2, -0.15) is 0 Å². The van der Waals surface area contributed by atoms with Crippen LogP contribution in [0.4, 0.5) is 5.69 Å². The second kappa shape index (κ2) is 9.38. The molecule has 2 aromatic carbocycles. The molecular formula is C20H22BrNO4. The molecule has 0 aromatic heterocycles. The van der Waals surface area contributed by atoms with Gasteiger partial charge in [0.15, 0.2) is 13.2 Å². The predicted molar refractivity (Wildman–Crippen MR) is 104 cm³/mol. The van der Waals surface area contributed by atoms with Crippen molar-refractivity contribution in [3.05, 3.63) is 58.1 Å².